The van der Waals surface area contributed by atoms with Crippen molar-refractivity contribution in [3.05, 3.63) is 112 Å². The zero-order valence-corrected chi connectivity index (χ0v) is 19.8. The lowest BCUT2D eigenvalue weighted by Gasteiger charge is -2.18. The average Bonchev–Trinajstić information content (AvgIpc) is 3.04. The fourth-order valence-electron chi connectivity index (χ4n) is 4.73. The molecule has 0 radical (unpaired) electrons. The van der Waals surface area contributed by atoms with E-state index in [1.54, 1.807) is 0 Å². The zero-order chi connectivity index (χ0) is 24.0. The second-order valence-corrected chi connectivity index (χ2v) is 8.96. The van der Waals surface area contributed by atoms with Gasteiger partial charge in [0.2, 0.25) is 0 Å². The van der Waals surface area contributed by atoms with E-state index in [1.165, 1.54) is 4.90 Å². The molecule has 4 aromatic rings. The molecule has 4 heteroatoms. The predicted molar refractivity (Wildman–Crippen MR) is 139 cm³/mol. The average molecular weight is 447 g/mol. The van der Waals surface area contributed by atoms with Crippen LogP contribution in [0.25, 0.3) is 16.3 Å². The predicted octanol–water partition coefficient (Wildman–Crippen LogP) is 6.47. The van der Waals surface area contributed by atoms with Gasteiger partial charge in [0.15, 0.2) is 0 Å². The van der Waals surface area contributed by atoms with Gasteiger partial charge in [0.05, 0.1) is 11.3 Å². The molecule has 0 fully saturated rings. The fraction of sp³-hybridized carbons (Fsp3) is 0.133. The summed E-state index contributed by atoms with van der Waals surface area (Å²) in [4.78, 5) is 29.0. The number of imide groups is 1. The molecule has 0 saturated carbocycles. The molecule has 0 bridgehead atoms. The molecule has 4 nitrogen and oxygen atoms in total. The third-order valence-electron chi connectivity index (χ3n) is 6.38. The Morgan fingerprint density at radius 1 is 0.676 bits per heavy atom. The lowest BCUT2D eigenvalue weighted by molar-refractivity contribution is -0.120. The summed E-state index contributed by atoms with van der Waals surface area (Å²) in [6.45, 7) is 7.92. The van der Waals surface area contributed by atoms with Gasteiger partial charge in [0.25, 0.3) is 11.8 Å². The van der Waals surface area contributed by atoms with Crippen molar-refractivity contribution >= 4 is 39.5 Å². The van der Waals surface area contributed by atoms with E-state index in [2.05, 4.69) is 5.32 Å². The summed E-state index contributed by atoms with van der Waals surface area (Å²) in [6, 6.07) is 25.6. The Labute approximate surface area is 199 Å². The van der Waals surface area contributed by atoms with Gasteiger partial charge in [-0.2, -0.15) is 0 Å². The van der Waals surface area contributed by atoms with Crippen LogP contribution in [-0.2, 0) is 9.59 Å². The normalized spacial score (nSPS) is 13.8. The lowest BCUT2D eigenvalue weighted by Crippen LogP contribution is -2.33. The molecule has 0 aliphatic carbocycles. The van der Waals surface area contributed by atoms with Crippen LogP contribution in [0.3, 0.4) is 0 Å². The summed E-state index contributed by atoms with van der Waals surface area (Å²) >= 11 is 0. The van der Waals surface area contributed by atoms with E-state index in [0.717, 1.165) is 44.3 Å². The number of amides is 2. The van der Waals surface area contributed by atoms with Crippen LogP contribution in [0.2, 0.25) is 0 Å². The topological polar surface area (TPSA) is 49.4 Å². The highest BCUT2D eigenvalue weighted by molar-refractivity contribution is 6.46. The van der Waals surface area contributed by atoms with Gasteiger partial charge in [-0.3, -0.25) is 9.59 Å². The minimum Gasteiger partial charge on any atom is -0.350 e. The summed E-state index contributed by atoms with van der Waals surface area (Å²) in [7, 11) is 0. The van der Waals surface area contributed by atoms with Gasteiger partial charge in [-0.05, 0) is 61.9 Å². The number of anilines is 2. The van der Waals surface area contributed by atoms with Crippen LogP contribution in [0.15, 0.2) is 84.6 Å². The first kappa shape index (κ1) is 21.7. The van der Waals surface area contributed by atoms with E-state index in [-0.39, 0.29) is 11.8 Å². The number of carbonyl (C=O) groups is 2. The molecular weight excluding hydrogens is 420 g/mol. The first-order valence-corrected chi connectivity index (χ1v) is 11.4. The van der Waals surface area contributed by atoms with E-state index in [0.29, 0.717) is 17.0 Å². The maximum atomic E-state index is 13.9. The number of carbonyl (C=O) groups excluding carboxylic acids is 2. The Morgan fingerprint density at radius 2 is 1.35 bits per heavy atom. The highest BCUT2D eigenvalue weighted by atomic mass is 16.2. The van der Waals surface area contributed by atoms with Crippen molar-refractivity contribution in [3.63, 3.8) is 0 Å². The van der Waals surface area contributed by atoms with Gasteiger partial charge in [-0.15, -0.1) is 0 Å². The minimum absolute atomic E-state index is 0.299. The number of nitrogens with one attached hydrogen (secondary N) is 1. The van der Waals surface area contributed by atoms with Gasteiger partial charge >= 0.3 is 0 Å². The summed E-state index contributed by atoms with van der Waals surface area (Å²) < 4.78 is 0. The first-order chi connectivity index (χ1) is 16.3. The quantitative estimate of drug-likeness (QED) is 0.366. The second kappa shape index (κ2) is 8.31. The number of hydrogen-bond acceptors (Lipinski definition) is 3. The molecule has 0 unspecified atom stereocenters. The summed E-state index contributed by atoms with van der Waals surface area (Å²) in [5.41, 5.74) is 6.88. The third-order valence-corrected chi connectivity index (χ3v) is 6.38. The van der Waals surface area contributed by atoms with Crippen molar-refractivity contribution in [1.29, 1.82) is 0 Å². The lowest BCUT2D eigenvalue weighted by atomic mass is 9.97. The van der Waals surface area contributed by atoms with Crippen LogP contribution in [0, 0.1) is 27.7 Å². The number of hydrogen-bond donors (Lipinski definition) is 1. The van der Waals surface area contributed by atoms with Gasteiger partial charge in [-0.1, -0.05) is 77.9 Å². The summed E-state index contributed by atoms with van der Waals surface area (Å²) in [6.07, 6.45) is 0. The molecule has 0 spiro atoms. The Kier molecular flexibility index (Phi) is 5.29. The van der Waals surface area contributed by atoms with E-state index >= 15 is 0 Å². The number of fused-ring (bicyclic) bond motifs is 1. The van der Waals surface area contributed by atoms with E-state index in [4.69, 9.17) is 0 Å². The Balaban J connectivity index is 1.70. The van der Waals surface area contributed by atoms with Crippen LogP contribution in [0.5, 0.6) is 0 Å². The molecule has 0 atom stereocenters. The second-order valence-electron chi connectivity index (χ2n) is 8.96. The largest absolute Gasteiger partial charge is 0.350 e. The van der Waals surface area contributed by atoms with Gasteiger partial charge in [0.1, 0.15) is 5.70 Å². The minimum atomic E-state index is -0.347. The number of aryl methyl sites for hydroxylation is 4. The van der Waals surface area contributed by atoms with Crippen molar-refractivity contribution in [2.75, 3.05) is 10.2 Å². The highest BCUT2D eigenvalue weighted by Gasteiger charge is 2.41. The van der Waals surface area contributed by atoms with Crippen molar-refractivity contribution in [2.45, 2.75) is 27.7 Å². The molecule has 0 saturated heterocycles. The van der Waals surface area contributed by atoms with Gasteiger partial charge in [-0.25, -0.2) is 4.90 Å². The monoisotopic (exact) mass is 446 g/mol. The SMILES string of the molecule is Cc1ccc(C2=C(Nc3cccc4ccccc34)C(=O)N(c3ccc(C)cc3C)C2=O)c(C)c1. The van der Waals surface area contributed by atoms with Crippen molar-refractivity contribution < 1.29 is 9.59 Å². The van der Waals surface area contributed by atoms with Crippen LogP contribution in [-0.4, -0.2) is 11.8 Å². The molecule has 168 valence electrons. The molecule has 4 aromatic carbocycles. The number of rotatable bonds is 4. The molecule has 1 aliphatic heterocycles. The van der Waals surface area contributed by atoms with Crippen LogP contribution in [0.1, 0.15) is 27.8 Å². The molecular formula is C30H26N2O2. The Hall–Kier alpha value is -4.18. The van der Waals surface area contributed by atoms with Crippen molar-refractivity contribution in [3.8, 4) is 0 Å². The van der Waals surface area contributed by atoms with Crippen LogP contribution < -0.4 is 10.2 Å². The molecule has 0 aromatic heterocycles. The van der Waals surface area contributed by atoms with E-state index < -0.39 is 0 Å². The maximum Gasteiger partial charge on any atom is 0.282 e. The van der Waals surface area contributed by atoms with Gasteiger partial charge in [0, 0.05) is 11.1 Å². The van der Waals surface area contributed by atoms with Gasteiger partial charge < -0.3 is 5.32 Å². The molecule has 1 N–H and O–H groups in total. The fourth-order valence-corrected chi connectivity index (χ4v) is 4.73. The standard InChI is InChI=1S/C30H26N2O2/c1-18-12-14-23(20(3)16-18)27-28(31-25-11-7-9-22-8-5-6-10-24(22)25)30(34)32(29(27)33)26-15-13-19(2)17-21(26)4/h5-17,31H,1-4H3. The molecule has 2 amide bonds. The van der Waals surface area contributed by atoms with E-state index in [9.17, 15) is 9.59 Å². The maximum absolute atomic E-state index is 13.9. The third kappa shape index (κ3) is 3.57. The molecule has 1 heterocycles. The zero-order valence-electron chi connectivity index (χ0n) is 19.8. The van der Waals surface area contributed by atoms with Crippen molar-refractivity contribution in [1.82, 2.24) is 0 Å². The number of nitrogens with zero attached hydrogens (tertiary/aromatic N) is 1. The van der Waals surface area contributed by atoms with E-state index in [1.807, 2.05) is 107 Å². The summed E-state index contributed by atoms with van der Waals surface area (Å²) in [5, 5.41) is 5.40. The summed E-state index contributed by atoms with van der Waals surface area (Å²) in [5.74, 6) is -0.661. The number of benzene rings is 4. The van der Waals surface area contributed by atoms with Crippen LogP contribution in [0.4, 0.5) is 11.4 Å². The molecule has 34 heavy (non-hydrogen) atoms. The molecule has 5 rings (SSSR count). The Bertz CT molecular complexity index is 1510. The smallest absolute Gasteiger partial charge is 0.282 e. The first-order valence-electron chi connectivity index (χ1n) is 11.4. The molecule has 1 aliphatic rings. The van der Waals surface area contributed by atoms with Crippen LogP contribution >= 0.6 is 0 Å². The highest BCUT2D eigenvalue weighted by Crippen LogP contribution is 2.37. The Morgan fingerprint density at radius 3 is 2.09 bits per heavy atom. The van der Waals surface area contributed by atoms with Crippen molar-refractivity contribution in [2.24, 2.45) is 0 Å².